The van der Waals surface area contributed by atoms with Gasteiger partial charge in [-0.05, 0) is 26.0 Å². The van der Waals surface area contributed by atoms with Gasteiger partial charge in [0.2, 0.25) is 0 Å². The minimum Gasteiger partial charge on any atom is -0.506 e. The lowest BCUT2D eigenvalue weighted by atomic mass is 10.2. The van der Waals surface area contributed by atoms with Gasteiger partial charge < -0.3 is 35.4 Å². The Morgan fingerprint density at radius 1 is 0.957 bits per heavy atom. The first-order chi connectivity index (χ1) is 11.1. The zero-order chi connectivity index (χ0) is 17.1. The van der Waals surface area contributed by atoms with Crippen molar-refractivity contribution in [2.24, 2.45) is 0 Å². The van der Waals surface area contributed by atoms with Crippen LogP contribution in [0.1, 0.15) is 13.8 Å². The van der Waals surface area contributed by atoms with E-state index in [1.54, 1.807) is 18.2 Å². The number of ether oxygens (including phenoxy) is 2. The van der Waals surface area contributed by atoms with Crippen LogP contribution in [0.4, 0.5) is 11.4 Å². The van der Waals surface area contributed by atoms with E-state index in [2.05, 4.69) is 10.6 Å². The summed E-state index contributed by atoms with van der Waals surface area (Å²) in [5.41, 5.74) is 1.12. The summed E-state index contributed by atoms with van der Waals surface area (Å²) in [6.07, 6.45) is -1.32. The molecule has 0 aliphatic rings. The number of phenolic OH excluding ortho intramolecular Hbond substituents is 1. The van der Waals surface area contributed by atoms with E-state index in [1.807, 2.05) is 13.8 Å². The molecule has 1 rings (SSSR count). The van der Waals surface area contributed by atoms with E-state index in [9.17, 15) is 15.3 Å². The number of benzene rings is 1. The highest BCUT2D eigenvalue weighted by atomic mass is 16.5. The van der Waals surface area contributed by atoms with Gasteiger partial charge in [0.1, 0.15) is 11.4 Å². The number of phenols is 1. The summed E-state index contributed by atoms with van der Waals surface area (Å²) in [7, 11) is 0. The van der Waals surface area contributed by atoms with Crippen LogP contribution >= 0.6 is 0 Å². The highest BCUT2D eigenvalue weighted by Crippen LogP contribution is 2.31. The number of hydrogen-bond donors (Lipinski definition) is 5. The Balaban J connectivity index is 2.57. The summed E-state index contributed by atoms with van der Waals surface area (Å²) in [5.74, 6) is 0.0675. The molecule has 0 spiro atoms. The van der Waals surface area contributed by atoms with Crippen LogP contribution in [0.15, 0.2) is 18.2 Å². The zero-order valence-corrected chi connectivity index (χ0v) is 13.8. The minimum atomic E-state index is -0.675. The molecule has 2 unspecified atom stereocenters. The fourth-order valence-corrected chi connectivity index (χ4v) is 1.95. The Hall–Kier alpha value is -1.54. The molecule has 5 N–H and O–H groups in total. The van der Waals surface area contributed by atoms with Crippen LogP contribution in [0.3, 0.4) is 0 Å². The van der Waals surface area contributed by atoms with Crippen molar-refractivity contribution in [1.29, 1.82) is 0 Å². The van der Waals surface area contributed by atoms with E-state index in [1.165, 1.54) is 0 Å². The number of rotatable bonds is 12. The van der Waals surface area contributed by atoms with Crippen molar-refractivity contribution in [2.45, 2.75) is 26.1 Å². The van der Waals surface area contributed by atoms with Gasteiger partial charge in [-0.3, -0.25) is 0 Å². The van der Waals surface area contributed by atoms with Crippen LogP contribution in [-0.4, -0.2) is 67.0 Å². The van der Waals surface area contributed by atoms with Crippen LogP contribution in [-0.2, 0) is 9.47 Å². The van der Waals surface area contributed by atoms with Crippen LogP contribution in [0.25, 0.3) is 0 Å². The molecule has 0 bridgehead atoms. The van der Waals surface area contributed by atoms with Crippen molar-refractivity contribution in [2.75, 3.05) is 50.2 Å². The molecule has 0 heterocycles. The standard InChI is InChI=1S/C16H28N2O5/c1-3-22-10-12(19)8-17-14-6-5-7-15(21)16(14)18-9-13(20)11-23-4-2/h5-7,12-13,17-21H,3-4,8-11H2,1-2H3. The molecule has 7 heteroatoms. The molecule has 2 atom stereocenters. The summed E-state index contributed by atoms with van der Waals surface area (Å²) >= 11 is 0. The lowest BCUT2D eigenvalue weighted by Gasteiger charge is -2.19. The molecule has 0 fully saturated rings. The van der Waals surface area contributed by atoms with E-state index in [-0.39, 0.29) is 25.5 Å². The molecule has 0 saturated carbocycles. The largest absolute Gasteiger partial charge is 0.506 e. The summed E-state index contributed by atoms with van der Waals surface area (Å²) in [6.45, 7) is 5.83. The summed E-state index contributed by atoms with van der Waals surface area (Å²) < 4.78 is 10.3. The third-order valence-corrected chi connectivity index (χ3v) is 3.11. The molecule has 0 aliphatic heterocycles. The average Bonchev–Trinajstić information content (AvgIpc) is 2.55. The van der Waals surface area contributed by atoms with E-state index in [0.29, 0.717) is 31.1 Å². The minimum absolute atomic E-state index is 0.0675. The second-order valence-electron chi connectivity index (χ2n) is 5.09. The van der Waals surface area contributed by atoms with Crippen LogP contribution in [0.5, 0.6) is 5.75 Å². The zero-order valence-electron chi connectivity index (χ0n) is 13.8. The Morgan fingerprint density at radius 2 is 1.52 bits per heavy atom. The normalized spacial score (nSPS) is 13.6. The topological polar surface area (TPSA) is 103 Å². The van der Waals surface area contributed by atoms with Gasteiger partial charge in [-0.15, -0.1) is 0 Å². The quantitative estimate of drug-likeness (QED) is 0.365. The number of para-hydroxylation sites is 1. The van der Waals surface area contributed by atoms with Crippen LogP contribution in [0, 0.1) is 0 Å². The molecule has 7 nitrogen and oxygen atoms in total. The summed E-state index contributed by atoms with van der Waals surface area (Å²) in [6, 6.07) is 5.04. The van der Waals surface area contributed by atoms with Crippen molar-refractivity contribution in [1.82, 2.24) is 0 Å². The van der Waals surface area contributed by atoms with Crippen LogP contribution in [0.2, 0.25) is 0 Å². The summed E-state index contributed by atoms with van der Waals surface area (Å²) in [4.78, 5) is 0. The van der Waals surface area contributed by atoms with Gasteiger partial charge >= 0.3 is 0 Å². The first-order valence-corrected chi connectivity index (χ1v) is 7.89. The van der Waals surface area contributed by atoms with Gasteiger partial charge in [0.15, 0.2) is 0 Å². The molecule has 0 radical (unpaired) electrons. The smallest absolute Gasteiger partial charge is 0.140 e. The van der Waals surface area contributed by atoms with Crippen molar-refractivity contribution in [3.05, 3.63) is 18.2 Å². The van der Waals surface area contributed by atoms with Gasteiger partial charge in [-0.1, -0.05) is 6.07 Å². The van der Waals surface area contributed by atoms with Crippen molar-refractivity contribution < 1.29 is 24.8 Å². The maximum absolute atomic E-state index is 9.98. The molecule has 1 aromatic carbocycles. The van der Waals surface area contributed by atoms with Gasteiger partial charge in [0.25, 0.3) is 0 Å². The highest BCUT2D eigenvalue weighted by molar-refractivity contribution is 5.75. The fraction of sp³-hybridized carbons (Fsp3) is 0.625. The molecule has 0 aliphatic carbocycles. The number of nitrogens with one attached hydrogen (secondary N) is 2. The lowest BCUT2D eigenvalue weighted by Crippen LogP contribution is -2.27. The van der Waals surface area contributed by atoms with Gasteiger partial charge in [-0.25, -0.2) is 0 Å². The van der Waals surface area contributed by atoms with Crippen molar-refractivity contribution >= 4 is 11.4 Å². The summed E-state index contributed by atoms with van der Waals surface area (Å²) in [5, 5.41) is 35.6. The molecular formula is C16H28N2O5. The first kappa shape index (κ1) is 19.5. The average molecular weight is 328 g/mol. The maximum Gasteiger partial charge on any atom is 0.140 e. The Bertz CT molecular complexity index is 444. The lowest BCUT2D eigenvalue weighted by molar-refractivity contribution is 0.0493. The third kappa shape index (κ3) is 7.51. The number of hydrogen-bond acceptors (Lipinski definition) is 7. The highest BCUT2D eigenvalue weighted by Gasteiger charge is 2.11. The van der Waals surface area contributed by atoms with Gasteiger partial charge in [0.05, 0.1) is 31.1 Å². The first-order valence-electron chi connectivity index (χ1n) is 7.89. The molecule has 0 amide bonds. The molecule has 132 valence electrons. The predicted octanol–water partition coefficient (Wildman–Crippen LogP) is 1.01. The molecule has 1 aromatic rings. The van der Waals surface area contributed by atoms with E-state index in [0.717, 1.165) is 0 Å². The maximum atomic E-state index is 9.98. The van der Waals surface area contributed by atoms with Crippen LogP contribution < -0.4 is 10.6 Å². The third-order valence-electron chi connectivity index (χ3n) is 3.11. The van der Waals surface area contributed by atoms with Crippen molar-refractivity contribution in [3.8, 4) is 5.75 Å². The Morgan fingerprint density at radius 3 is 2.09 bits per heavy atom. The van der Waals surface area contributed by atoms with E-state index in [4.69, 9.17) is 9.47 Å². The van der Waals surface area contributed by atoms with Crippen molar-refractivity contribution in [3.63, 3.8) is 0 Å². The van der Waals surface area contributed by atoms with E-state index < -0.39 is 12.2 Å². The number of aliphatic hydroxyl groups excluding tert-OH is 2. The molecule has 0 aromatic heterocycles. The monoisotopic (exact) mass is 328 g/mol. The Kier molecular flexibility index (Phi) is 9.39. The number of anilines is 2. The van der Waals surface area contributed by atoms with E-state index >= 15 is 0 Å². The SMILES string of the molecule is CCOCC(O)CNc1cccc(O)c1NCC(O)COCC. The molecular weight excluding hydrogens is 300 g/mol. The second-order valence-corrected chi connectivity index (χ2v) is 5.09. The predicted molar refractivity (Wildman–Crippen MR) is 90.1 cm³/mol. The Labute approximate surface area is 137 Å². The molecule has 0 saturated heterocycles. The van der Waals surface area contributed by atoms with Gasteiger partial charge in [0, 0.05) is 26.3 Å². The number of aromatic hydroxyl groups is 1. The second kappa shape index (κ2) is 11.1. The van der Waals surface area contributed by atoms with Gasteiger partial charge in [-0.2, -0.15) is 0 Å². The molecule has 23 heavy (non-hydrogen) atoms. The fourth-order valence-electron chi connectivity index (χ4n) is 1.95. The number of aliphatic hydroxyl groups is 2.